The Labute approximate surface area is 81.0 Å². The third kappa shape index (κ3) is 1.89. The van der Waals surface area contributed by atoms with Crippen molar-refractivity contribution < 1.29 is 4.74 Å². The van der Waals surface area contributed by atoms with Gasteiger partial charge >= 0.3 is 0 Å². The fourth-order valence-electron chi connectivity index (χ4n) is 2.50. The minimum Gasteiger partial charge on any atom is -0.355 e. The molecule has 1 saturated carbocycles. The molecular weight excluding hydrogens is 162 g/mol. The Kier molecular flexibility index (Phi) is 2.61. The zero-order valence-electron chi connectivity index (χ0n) is 8.81. The van der Waals surface area contributed by atoms with Crippen molar-refractivity contribution in [3.8, 4) is 0 Å². The molecule has 1 spiro atoms. The fraction of sp³-hybridized carbons (Fsp3) is 1.00. The van der Waals surface area contributed by atoms with Crippen molar-refractivity contribution in [3.05, 3.63) is 0 Å². The second kappa shape index (κ2) is 3.58. The Hall–Kier alpha value is -0.0800. The lowest BCUT2D eigenvalue weighted by Gasteiger charge is -2.32. The molecule has 1 saturated heterocycles. The highest BCUT2D eigenvalue weighted by Gasteiger charge is 2.41. The number of rotatable bonds is 1. The smallest absolute Gasteiger partial charge is 0.111 e. The van der Waals surface area contributed by atoms with Gasteiger partial charge in [0, 0.05) is 6.54 Å². The summed E-state index contributed by atoms with van der Waals surface area (Å²) in [5, 5.41) is 3.49. The van der Waals surface area contributed by atoms with E-state index in [0.29, 0.717) is 12.1 Å². The van der Waals surface area contributed by atoms with Gasteiger partial charge < -0.3 is 4.74 Å². The van der Waals surface area contributed by atoms with Crippen LogP contribution in [0.5, 0.6) is 0 Å². The summed E-state index contributed by atoms with van der Waals surface area (Å²) < 4.78 is 6.14. The number of hydrogen-bond acceptors (Lipinski definition) is 2. The van der Waals surface area contributed by atoms with Gasteiger partial charge in [-0.15, -0.1) is 0 Å². The predicted octanol–water partition coefficient (Wildman–Crippen LogP) is 2.29. The third-order valence-corrected chi connectivity index (χ3v) is 3.37. The van der Waals surface area contributed by atoms with Gasteiger partial charge in [0.15, 0.2) is 0 Å². The van der Waals surface area contributed by atoms with E-state index in [1.807, 2.05) is 0 Å². The van der Waals surface area contributed by atoms with Gasteiger partial charge in [-0.25, -0.2) is 0 Å². The summed E-state index contributed by atoms with van der Waals surface area (Å²) in [5.74, 6) is 0.598. The van der Waals surface area contributed by atoms with Crippen LogP contribution in [0.1, 0.15) is 46.0 Å². The van der Waals surface area contributed by atoms with Gasteiger partial charge in [0.1, 0.15) is 6.23 Å². The standard InChI is InChI=1S/C11H21NO/c1-9(2)10-12-8-11(13-10)6-4-3-5-7-11/h9-10,12H,3-8H2,1-2H3. The van der Waals surface area contributed by atoms with E-state index in [1.165, 1.54) is 32.1 Å². The van der Waals surface area contributed by atoms with Crippen LogP contribution in [-0.4, -0.2) is 18.4 Å². The quantitative estimate of drug-likeness (QED) is 0.673. The molecule has 1 unspecified atom stereocenters. The lowest BCUT2D eigenvalue weighted by Crippen LogP contribution is -2.35. The van der Waals surface area contributed by atoms with Crippen LogP contribution < -0.4 is 5.32 Å². The van der Waals surface area contributed by atoms with Crippen LogP contribution in [0, 0.1) is 5.92 Å². The van der Waals surface area contributed by atoms with Crippen LogP contribution in [-0.2, 0) is 4.74 Å². The molecule has 76 valence electrons. The molecule has 2 aliphatic rings. The SMILES string of the molecule is CC(C)C1NCC2(CCCCC2)O1. The summed E-state index contributed by atoms with van der Waals surface area (Å²) >= 11 is 0. The first kappa shape index (κ1) is 9.47. The molecule has 0 amide bonds. The molecule has 13 heavy (non-hydrogen) atoms. The zero-order valence-corrected chi connectivity index (χ0v) is 8.81. The molecule has 1 heterocycles. The van der Waals surface area contributed by atoms with Gasteiger partial charge in [-0.2, -0.15) is 0 Å². The van der Waals surface area contributed by atoms with Crippen molar-refractivity contribution in [1.82, 2.24) is 5.32 Å². The number of hydrogen-bond donors (Lipinski definition) is 1. The van der Waals surface area contributed by atoms with Gasteiger partial charge in [-0.05, 0) is 18.8 Å². The van der Waals surface area contributed by atoms with Crippen molar-refractivity contribution in [1.29, 1.82) is 0 Å². The Morgan fingerprint density at radius 2 is 1.92 bits per heavy atom. The monoisotopic (exact) mass is 183 g/mol. The maximum Gasteiger partial charge on any atom is 0.111 e. The Morgan fingerprint density at radius 1 is 1.23 bits per heavy atom. The summed E-state index contributed by atoms with van der Waals surface area (Å²) in [6, 6.07) is 0. The van der Waals surface area contributed by atoms with E-state index in [0.717, 1.165) is 6.54 Å². The zero-order chi connectivity index (χ0) is 9.31. The molecule has 2 rings (SSSR count). The number of ether oxygens (including phenoxy) is 1. The summed E-state index contributed by atoms with van der Waals surface area (Å²) in [4.78, 5) is 0. The number of nitrogens with one attached hydrogen (secondary N) is 1. The maximum absolute atomic E-state index is 6.14. The summed E-state index contributed by atoms with van der Waals surface area (Å²) in [6.07, 6.45) is 6.95. The molecule has 1 aliphatic heterocycles. The molecule has 0 aromatic heterocycles. The molecule has 1 N–H and O–H groups in total. The first-order valence-corrected chi connectivity index (χ1v) is 5.63. The van der Waals surface area contributed by atoms with Crippen LogP contribution in [0.15, 0.2) is 0 Å². The average molecular weight is 183 g/mol. The third-order valence-electron chi connectivity index (χ3n) is 3.37. The average Bonchev–Trinajstić information content (AvgIpc) is 2.51. The van der Waals surface area contributed by atoms with Gasteiger partial charge in [0.25, 0.3) is 0 Å². The van der Waals surface area contributed by atoms with Crippen LogP contribution in [0.25, 0.3) is 0 Å². The predicted molar refractivity (Wildman–Crippen MR) is 53.5 cm³/mol. The Balaban J connectivity index is 1.94. The summed E-state index contributed by atoms with van der Waals surface area (Å²) in [5.41, 5.74) is 0.215. The molecule has 0 aromatic carbocycles. The first-order chi connectivity index (χ1) is 6.22. The highest BCUT2D eigenvalue weighted by atomic mass is 16.5. The normalized spacial score (nSPS) is 33.0. The molecule has 1 atom stereocenters. The van der Waals surface area contributed by atoms with Gasteiger partial charge in [-0.1, -0.05) is 33.1 Å². The molecule has 2 fully saturated rings. The van der Waals surface area contributed by atoms with Crippen LogP contribution in [0.2, 0.25) is 0 Å². The fourth-order valence-corrected chi connectivity index (χ4v) is 2.50. The molecular formula is C11H21NO. The van der Waals surface area contributed by atoms with Crippen molar-refractivity contribution in [2.75, 3.05) is 6.54 Å². The van der Waals surface area contributed by atoms with E-state index in [1.54, 1.807) is 0 Å². The lowest BCUT2D eigenvalue weighted by molar-refractivity contribution is -0.0754. The Morgan fingerprint density at radius 3 is 2.46 bits per heavy atom. The minimum atomic E-state index is 0.215. The van der Waals surface area contributed by atoms with E-state index >= 15 is 0 Å². The van der Waals surface area contributed by atoms with Gasteiger partial charge in [0.2, 0.25) is 0 Å². The minimum absolute atomic E-state index is 0.215. The molecule has 2 nitrogen and oxygen atoms in total. The van der Waals surface area contributed by atoms with E-state index in [2.05, 4.69) is 19.2 Å². The van der Waals surface area contributed by atoms with Crippen molar-refractivity contribution in [3.63, 3.8) is 0 Å². The van der Waals surface area contributed by atoms with E-state index in [-0.39, 0.29) is 5.60 Å². The highest BCUT2D eigenvalue weighted by molar-refractivity contribution is 4.92. The second-order valence-electron chi connectivity index (χ2n) is 4.91. The van der Waals surface area contributed by atoms with Crippen LogP contribution >= 0.6 is 0 Å². The molecule has 0 radical (unpaired) electrons. The summed E-state index contributed by atoms with van der Waals surface area (Å²) in [7, 11) is 0. The van der Waals surface area contributed by atoms with E-state index in [4.69, 9.17) is 4.74 Å². The largest absolute Gasteiger partial charge is 0.355 e. The highest BCUT2D eigenvalue weighted by Crippen LogP contribution is 2.36. The summed E-state index contributed by atoms with van der Waals surface area (Å²) in [6.45, 7) is 5.52. The van der Waals surface area contributed by atoms with Gasteiger partial charge in [-0.3, -0.25) is 5.32 Å². The first-order valence-electron chi connectivity index (χ1n) is 5.63. The molecule has 1 aliphatic carbocycles. The Bertz CT molecular complexity index is 173. The van der Waals surface area contributed by atoms with Crippen molar-refractivity contribution in [2.45, 2.75) is 57.8 Å². The topological polar surface area (TPSA) is 21.3 Å². The second-order valence-corrected chi connectivity index (χ2v) is 4.91. The van der Waals surface area contributed by atoms with E-state index in [9.17, 15) is 0 Å². The van der Waals surface area contributed by atoms with E-state index < -0.39 is 0 Å². The molecule has 0 aromatic rings. The van der Waals surface area contributed by atoms with Crippen molar-refractivity contribution >= 4 is 0 Å². The lowest BCUT2D eigenvalue weighted by atomic mass is 9.85. The maximum atomic E-state index is 6.14. The van der Waals surface area contributed by atoms with Crippen LogP contribution in [0.3, 0.4) is 0 Å². The van der Waals surface area contributed by atoms with Crippen molar-refractivity contribution in [2.24, 2.45) is 5.92 Å². The van der Waals surface area contributed by atoms with Gasteiger partial charge in [0.05, 0.1) is 5.60 Å². The molecule has 0 bridgehead atoms. The molecule has 2 heteroatoms. The van der Waals surface area contributed by atoms with Crippen LogP contribution in [0.4, 0.5) is 0 Å².